The lowest BCUT2D eigenvalue weighted by molar-refractivity contribution is -0.118. The Morgan fingerprint density at radius 3 is 2.82 bits per heavy atom. The Kier molecular flexibility index (Phi) is 3.34. The average molecular weight is 337 g/mol. The van der Waals surface area contributed by atoms with Crippen LogP contribution in [0.2, 0.25) is 10.0 Å². The highest BCUT2D eigenvalue weighted by molar-refractivity contribution is 8.93. The van der Waals surface area contributed by atoms with Crippen LogP contribution in [0, 0.1) is 0 Å². The number of fused-ring (bicyclic) bond motifs is 2. The van der Waals surface area contributed by atoms with Gasteiger partial charge in [-0.25, -0.2) is 4.99 Å². The molecular weight excluding hydrogens is 329 g/mol. The summed E-state index contributed by atoms with van der Waals surface area (Å²) in [6.07, 6.45) is 0. The maximum absolute atomic E-state index is 11.2. The Balaban J connectivity index is 0.00000108. The van der Waals surface area contributed by atoms with E-state index in [4.69, 9.17) is 23.2 Å². The van der Waals surface area contributed by atoms with E-state index in [1.165, 1.54) is 0 Å². The van der Waals surface area contributed by atoms with Gasteiger partial charge in [0.15, 0.2) is 0 Å². The molecule has 1 N–H and O–H groups in total. The van der Waals surface area contributed by atoms with Crippen molar-refractivity contribution in [3.05, 3.63) is 27.7 Å². The Hall–Kier alpha value is -0.780. The summed E-state index contributed by atoms with van der Waals surface area (Å²) in [4.78, 5) is 17.4. The zero-order valence-corrected chi connectivity index (χ0v) is 11.8. The molecule has 4 nitrogen and oxygen atoms in total. The van der Waals surface area contributed by atoms with Crippen molar-refractivity contribution in [1.82, 2.24) is 10.2 Å². The van der Waals surface area contributed by atoms with Crippen LogP contribution in [0.4, 0.5) is 5.69 Å². The minimum atomic E-state index is -0.0474. The summed E-state index contributed by atoms with van der Waals surface area (Å²) >= 11 is 12.0. The predicted molar refractivity (Wildman–Crippen MR) is 72.4 cm³/mol. The van der Waals surface area contributed by atoms with Crippen LogP contribution in [0.5, 0.6) is 0 Å². The SMILES string of the molecule is Br.O=C1CN2Cc3c(ccc(Cl)c3Cl)N=C2N1. The van der Waals surface area contributed by atoms with Crippen LogP contribution in [0.3, 0.4) is 0 Å². The average Bonchev–Trinajstić information content (AvgIpc) is 2.61. The van der Waals surface area contributed by atoms with Gasteiger partial charge >= 0.3 is 0 Å². The van der Waals surface area contributed by atoms with Crippen molar-refractivity contribution in [2.75, 3.05) is 6.54 Å². The van der Waals surface area contributed by atoms with Gasteiger partial charge < -0.3 is 4.90 Å². The zero-order valence-electron chi connectivity index (χ0n) is 8.54. The molecule has 7 heteroatoms. The third kappa shape index (κ3) is 2.03. The molecule has 0 saturated carbocycles. The molecule has 3 rings (SSSR count). The minimum Gasteiger partial charge on any atom is -0.329 e. The van der Waals surface area contributed by atoms with Gasteiger partial charge in [-0.2, -0.15) is 0 Å². The molecule has 0 aliphatic carbocycles. The lowest BCUT2D eigenvalue weighted by Gasteiger charge is -2.23. The molecule has 17 heavy (non-hydrogen) atoms. The fraction of sp³-hybridized carbons (Fsp3) is 0.200. The second-order valence-corrected chi connectivity index (χ2v) is 4.48. The summed E-state index contributed by atoms with van der Waals surface area (Å²) < 4.78 is 0. The molecule has 1 amide bonds. The molecule has 90 valence electrons. The number of benzene rings is 1. The first-order valence-corrected chi connectivity index (χ1v) is 5.51. The number of guanidine groups is 1. The predicted octanol–water partition coefficient (Wildman–Crippen LogP) is 2.50. The quantitative estimate of drug-likeness (QED) is 0.791. The van der Waals surface area contributed by atoms with E-state index in [0.29, 0.717) is 29.1 Å². The van der Waals surface area contributed by atoms with Gasteiger partial charge in [0.1, 0.15) is 6.54 Å². The number of nitrogens with one attached hydrogen (secondary N) is 1. The molecule has 1 aromatic rings. The van der Waals surface area contributed by atoms with E-state index in [9.17, 15) is 4.79 Å². The third-order valence-electron chi connectivity index (χ3n) is 2.63. The zero-order chi connectivity index (χ0) is 11.3. The number of aliphatic imine (C=N–C) groups is 1. The normalized spacial score (nSPS) is 16.7. The monoisotopic (exact) mass is 335 g/mol. The second kappa shape index (κ2) is 4.48. The van der Waals surface area contributed by atoms with E-state index in [1.807, 2.05) is 4.90 Å². The van der Waals surface area contributed by atoms with E-state index < -0.39 is 0 Å². The van der Waals surface area contributed by atoms with Gasteiger partial charge in [-0.3, -0.25) is 10.1 Å². The summed E-state index contributed by atoms with van der Waals surface area (Å²) in [6, 6.07) is 3.51. The lowest BCUT2D eigenvalue weighted by atomic mass is 10.1. The highest BCUT2D eigenvalue weighted by Crippen LogP contribution is 2.36. The number of hydrogen-bond acceptors (Lipinski definition) is 3. The number of amides is 1. The first kappa shape index (κ1) is 12.7. The summed E-state index contributed by atoms with van der Waals surface area (Å²) in [5.74, 6) is 0.546. The number of hydrogen-bond donors (Lipinski definition) is 1. The van der Waals surface area contributed by atoms with E-state index in [0.717, 1.165) is 11.3 Å². The second-order valence-electron chi connectivity index (χ2n) is 3.70. The topological polar surface area (TPSA) is 44.7 Å². The van der Waals surface area contributed by atoms with Crippen LogP contribution in [-0.4, -0.2) is 23.3 Å². The smallest absolute Gasteiger partial charge is 0.246 e. The first-order valence-electron chi connectivity index (χ1n) is 4.75. The number of nitrogens with zero attached hydrogens (tertiary/aromatic N) is 2. The fourth-order valence-electron chi connectivity index (χ4n) is 1.86. The van der Waals surface area contributed by atoms with Gasteiger partial charge in [0.05, 0.1) is 22.3 Å². The molecule has 1 saturated heterocycles. The van der Waals surface area contributed by atoms with Gasteiger partial charge in [0, 0.05) is 5.56 Å². The minimum absolute atomic E-state index is 0. The molecular formula is C10H8BrCl2N3O. The van der Waals surface area contributed by atoms with Crippen LogP contribution in [0.25, 0.3) is 0 Å². The van der Waals surface area contributed by atoms with Crippen LogP contribution < -0.4 is 5.32 Å². The molecule has 0 bridgehead atoms. The van der Waals surface area contributed by atoms with Crippen molar-refractivity contribution in [1.29, 1.82) is 0 Å². The van der Waals surface area contributed by atoms with E-state index in [1.54, 1.807) is 12.1 Å². The van der Waals surface area contributed by atoms with Crippen LogP contribution in [-0.2, 0) is 11.3 Å². The van der Waals surface area contributed by atoms with Gasteiger partial charge in [-0.05, 0) is 12.1 Å². The summed E-state index contributed by atoms with van der Waals surface area (Å²) in [7, 11) is 0. The first-order chi connectivity index (χ1) is 7.65. The van der Waals surface area contributed by atoms with Crippen LogP contribution >= 0.6 is 40.2 Å². The fourth-order valence-corrected chi connectivity index (χ4v) is 2.26. The Morgan fingerprint density at radius 2 is 2.06 bits per heavy atom. The molecule has 1 fully saturated rings. The summed E-state index contributed by atoms with van der Waals surface area (Å²) in [6.45, 7) is 0.882. The standard InChI is InChI=1S/C10H7Cl2N3O.BrH/c11-6-1-2-7-5(9(6)12)3-15-4-8(16)14-10(15)13-7;/h1-2H,3-4H2,(H,13,14,16);1H. The third-order valence-corrected chi connectivity index (χ3v) is 3.48. The van der Waals surface area contributed by atoms with Gasteiger partial charge in [0.25, 0.3) is 0 Å². The van der Waals surface area contributed by atoms with E-state index in [2.05, 4.69) is 10.3 Å². The molecule has 0 aromatic heterocycles. The Labute approximate surface area is 118 Å². The number of carbonyl (C=O) groups excluding carboxylic acids is 1. The van der Waals surface area contributed by atoms with Crippen LogP contribution in [0.15, 0.2) is 17.1 Å². The van der Waals surface area contributed by atoms with E-state index in [-0.39, 0.29) is 22.9 Å². The lowest BCUT2D eigenvalue weighted by Crippen LogP contribution is -2.32. The van der Waals surface area contributed by atoms with Crippen molar-refractivity contribution < 1.29 is 4.79 Å². The maximum atomic E-state index is 11.2. The molecule has 0 unspecified atom stereocenters. The Bertz CT molecular complexity index is 533. The summed E-state index contributed by atoms with van der Waals surface area (Å²) in [5.41, 5.74) is 1.64. The van der Waals surface area contributed by atoms with Crippen molar-refractivity contribution >= 4 is 57.7 Å². The van der Waals surface area contributed by atoms with Crippen LogP contribution in [0.1, 0.15) is 5.56 Å². The molecule has 2 aliphatic rings. The molecule has 1 aromatic carbocycles. The van der Waals surface area contributed by atoms with Gasteiger partial charge in [0.2, 0.25) is 11.9 Å². The van der Waals surface area contributed by atoms with Crippen molar-refractivity contribution in [2.45, 2.75) is 6.54 Å². The largest absolute Gasteiger partial charge is 0.329 e. The van der Waals surface area contributed by atoms with Crippen molar-refractivity contribution in [3.8, 4) is 0 Å². The summed E-state index contributed by atoms with van der Waals surface area (Å²) in [5, 5.41) is 3.72. The Morgan fingerprint density at radius 1 is 1.29 bits per heavy atom. The van der Waals surface area contributed by atoms with E-state index >= 15 is 0 Å². The highest BCUT2D eigenvalue weighted by atomic mass is 79.9. The molecule has 0 atom stereocenters. The number of rotatable bonds is 0. The highest BCUT2D eigenvalue weighted by Gasteiger charge is 2.30. The molecule has 2 aliphatic heterocycles. The molecule has 2 heterocycles. The number of carbonyl (C=O) groups is 1. The molecule has 0 spiro atoms. The maximum Gasteiger partial charge on any atom is 0.246 e. The van der Waals surface area contributed by atoms with Gasteiger partial charge in [-0.1, -0.05) is 23.2 Å². The molecule has 0 radical (unpaired) electrons. The van der Waals surface area contributed by atoms with Crippen molar-refractivity contribution in [3.63, 3.8) is 0 Å². The van der Waals surface area contributed by atoms with Crippen molar-refractivity contribution in [2.24, 2.45) is 4.99 Å². The number of halogens is 3. The van der Waals surface area contributed by atoms with Gasteiger partial charge in [-0.15, -0.1) is 17.0 Å².